The standard InChI is InChI=1S/C9H19NO3/c1-4-5-9(7-10(11)12)6-8(2)13-3/h8-9H,4-7H2,1-3H3/t8?,9-/m1/s1. The van der Waals surface area contributed by atoms with Crippen LogP contribution in [0.3, 0.4) is 0 Å². The lowest BCUT2D eigenvalue weighted by Gasteiger charge is -2.15. The van der Waals surface area contributed by atoms with Gasteiger partial charge in [0.1, 0.15) is 0 Å². The van der Waals surface area contributed by atoms with E-state index >= 15 is 0 Å². The third-order valence-electron chi connectivity index (χ3n) is 2.17. The Bertz CT molecular complexity index is 150. The SMILES string of the molecule is CCC[C@H](CC(C)OC)C[N+](=O)[O-]. The monoisotopic (exact) mass is 189 g/mol. The maximum absolute atomic E-state index is 10.3. The minimum Gasteiger partial charge on any atom is -0.382 e. The average Bonchev–Trinajstić information content (AvgIpc) is 2.03. The van der Waals surface area contributed by atoms with Crippen molar-refractivity contribution < 1.29 is 9.66 Å². The molecule has 0 amide bonds. The highest BCUT2D eigenvalue weighted by Gasteiger charge is 2.17. The molecule has 0 bridgehead atoms. The average molecular weight is 189 g/mol. The van der Waals surface area contributed by atoms with E-state index in [1.165, 1.54) is 0 Å². The van der Waals surface area contributed by atoms with E-state index in [9.17, 15) is 10.1 Å². The molecule has 0 rings (SSSR count). The quantitative estimate of drug-likeness (QED) is 0.455. The van der Waals surface area contributed by atoms with Crippen molar-refractivity contribution in [1.29, 1.82) is 0 Å². The molecule has 0 fully saturated rings. The minimum atomic E-state index is -0.233. The number of hydrogen-bond donors (Lipinski definition) is 0. The van der Waals surface area contributed by atoms with Crippen LogP contribution in [0.5, 0.6) is 0 Å². The van der Waals surface area contributed by atoms with Gasteiger partial charge in [0.05, 0.1) is 6.10 Å². The molecule has 0 aliphatic heterocycles. The molecule has 0 aliphatic rings. The van der Waals surface area contributed by atoms with Gasteiger partial charge in [-0.15, -0.1) is 0 Å². The number of nitrogens with zero attached hydrogens (tertiary/aromatic N) is 1. The Morgan fingerprint density at radius 2 is 2.15 bits per heavy atom. The van der Waals surface area contributed by atoms with Gasteiger partial charge in [0.2, 0.25) is 6.54 Å². The molecule has 0 spiro atoms. The van der Waals surface area contributed by atoms with Crippen molar-refractivity contribution in [2.24, 2.45) is 5.92 Å². The predicted octanol–water partition coefficient (Wildman–Crippen LogP) is 2.10. The van der Waals surface area contributed by atoms with Gasteiger partial charge in [-0.25, -0.2) is 0 Å². The van der Waals surface area contributed by atoms with Crippen molar-refractivity contribution in [3.63, 3.8) is 0 Å². The number of ether oxygens (including phenoxy) is 1. The van der Waals surface area contributed by atoms with Crippen molar-refractivity contribution in [3.8, 4) is 0 Å². The van der Waals surface area contributed by atoms with Crippen LogP contribution in [-0.4, -0.2) is 24.7 Å². The van der Waals surface area contributed by atoms with Gasteiger partial charge in [-0.3, -0.25) is 10.1 Å². The Morgan fingerprint density at radius 1 is 1.54 bits per heavy atom. The molecule has 0 aromatic carbocycles. The summed E-state index contributed by atoms with van der Waals surface area (Å²) in [5, 5.41) is 10.3. The third-order valence-corrected chi connectivity index (χ3v) is 2.17. The van der Waals surface area contributed by atoms with Gasteiger partial charge in [-0.05, 0) is 19.8 Å². The Labute approximate surface area is 79.4 Å². The molecule has 0 radical (unpaired) electrons. The second-order valence-corrected chi connectivity index (χ2v) is 3.45. The summed E-state index contributed by atoms with van der Waals surface area (Å²) in [4.78, 5) is 10.1. The van der Waals surface area contributed by atoms with Crippen LogP contribution in [0.4, 0.5) is 0 Å². The number of nitro groups is 1. The van der Waals surface area contributed by atoms with Crippen molar-refractivity contribution in [2.75, 3.05) is 13.7 Å². The summed E-state index contributed by atoms with van der Waals surface area (Å²) in [6.07, 6.45) is 2.81. The van der Waals surface area contributed by atoms with Crippen LogP contribution in [0, 0.1) is 16.0 Å². The smallest absolute Gasteiger partial charge is 0.206 e. The molecule has 0 saturated heterocycles. The van der Waals surface area contributed by atoms with Crippen molar-refractivity contribution in [2.45, 2.75) is 39.2 Å². The zero-order valence-electron chi connectivity index (χ0n) is 8.66. The van der Waals surface area contributed by atoms with Crippen LogP contribution in [0.15, 0.2) is 0 Å². The van der Waals surface area contributed by atoms with Gasteiger partial charge < -0.3 is 4.74 Å². The van der Waals surface area contributed by atoms with Crippen LogP contribution < -0.4 is 0 Å². The third kappa shape index (κ3) is 6.51. The van der Waals surface area contributed by atoms with Crippen LogP contribution in [0.2, 0.25) is 0 Å². The van der Waals surface area contributed by atoms with Crippen molar-refractivity contribution in [3.05, 3.63) is 10.1 Å². The lowest BCUT2D eigenvalue weighted by atomic mass is 9.97. The van der Waals surface area contributed by atoms with E-state index in [1.807, 2.05) is 13.8 Å². The van der Waals surface area contributed by atoms with E-state index < -0.39 is 0 Å². The lowest BCUT2D eigenvalue weighted by Crippen LogP contribution is -2.20. The highest BCUT2D eigenvalue weighted by Crippen LogP contribution is 2.15. The maximum atomic E-state index is 10.3. The molecule has 0 heterocycles. The Kier molecular flexibility index (Phi) is 6.49. The second-order valence-electron chi connectivity index (χ2n) is 3.45. The fourth-order valence-electron chi connectivity index (χ4n) is 1.47. The van der Waals surface area contributed by atoms with E-state index in [1.54, 1.807) is 7.11 Å². The summed E-state index contributed by atoms with van der Waals surface area (Å²) in [5.41, 5.74) is 0. The molecule has 0 aromatic heterocycles. The first kappa shape index (κ1) is 12.4. The Morgan fingerprint density at radius 3 is 2.54 bits per heavy atom. The topological polar surface area (TPSA) is 52.4 Å². The molecule has 1 unspecified atom stereocenters. The Balaban J connectivity index is 3.85. The van der Waals surface area contributed by atoms with Gasteiger partial charge in [0.25, 0.3) is 0 Å². The summed E-state index contributed by atoms with van der Waals surface area (Å²) in [5.74, 6) is 0.162. The van der Waals surface area contributed by atoms with Gasteiger partial charge in [-0.2, -0.15) is 0 Å². The molecule has 0 N–H and O–H groups in total. The summed E-state index contributed by atoms with van der Waals surface area (Å²) < 4.78 is 5.09. The van der Waals surface area contributed by atoms with Crippen LogP contribution in [0.1, 0.15) is 33.1 Å². The van der Waals surface area contributed by atoms with E-state index in [0.717, 1.165) is 19.3 Å². The van der Waals surface area contributed by atoms with Gasteiger partial charge in [0, 0.05) is 18.0 Å². The van der Waals surface area contributed by atoms with Crippen LogP contribution >= 0.6 is 0 Å². The van der Waals surface area contributed by atoms with E-state index in [-0.39, 0.29) is 23.5 Å². The molecule has 4 nitrogen and oxygen atoms in total. The summed E-state index contributed by atoms with van der Waals surface area (Å²) in [6, 6.07) is 0. The van der Waals surface area contributed by atoms with Crippen molar-refractivity contribution >= 4 is 0 Å². The van der Waals surface area contributed by atoms with E-state index in [4.69, 9.17) is 4.74 Å². The fraction of sp³-hybridized carbons (Fsp3) is 1.00. The zero-order chi connectivity index (χ0) is 10.3. The normalized spacial score (nSPS) is 15.3. The highest BCUT2D eigenvalue weighted by molar-refractivity contribution is 4.61. The molecule has 78 valence electrons. The molecule has 0 aromatic rings. The lowest BCUT2D eigenvalue weighted by molar-refractivity contribution is -0.489. The predicted molar refractivity (Wildman–Crippen MR) is 51.3 cm³/mol. The fourth-order valence-corrected chi connectivity index (χ4v) is 1.47. The first-order chi connectivity index (χ1) is 6.10. The Hall–Kier alpha value is -0.640. The number of methoxy groups -OCH3 is 1. The summed E-state index contributed by atoms with van der Waals surface area (Å²) in [6.45, 7) is 4.06. The first-order valence-corrected chi connectivity index (χ1v) is 4.74. The van der Waals surface area contributed by atoms with E-state index in [0.29, 0.717) is 0 Å². The second kappa shape index (κ2) is 6.83. The zero-order valence-corrected chi connectivity index (χ0v) is 8.66. The van der Waals surface area contributed by atoms with Crippen LogP contribution in [0.25, 0.3) is 0 Å². The van der Waals surface area contributed by atoms with E-state index in [2.05, 4.69) is 0 Å². The molecular formula is C9H19NO3. The molecule has 2 atom stereocenters. The van der Waals surface area contributed by atoms with Crippen molar-refractivity contribution in [1.82, 2.24) is 0 Å². The summed E-state index contributed by atoms with van der Waals surface area (Å²) >= 11 is 0. The molecule has 4 heteroatoms. The number of rotatable bonds is 7. The van der Waals surface area contributed by atoms with Gasteiger partial charge in [0.15, 0.2) is 0 Å². The maximum Gasteiger partial charge on any atom is 0.206 e. The molecule has 0 aliphatic carbocycles. The minimum absolute atomic E-state index is 0.0710. The highest BCUT2D eigenvalue weighted by atomic mass is 16.6. The summed E-state index contributed by atoms with van der Waals surface area (Å²) in [7, 11) is 1.64. The largest absolute Gasteiger partial charge is 0.382 e. The molecule has 0 saturated carbocycles. The van der Waals surface area contributed by atoms with Gasteiger partial charge >= 0.3 is 0 Å². The van der Waals surface area contributed by atoms with Crippen LogP contribution in [-0.2, 0) is 4.74 Å². The molecular weight excluding hydrogens is 170 g/mol. The first-order valence-electron chi connectivity index (χ1n) is 4.74. The van der Waals surface area contributed by atoms with Gasteiger partial charge in [-0.1, -0.05) is 13.3 Å². The molecule has 13 heavy (non-hydrogen) atoms. The number of hydrogen-bond acceptors (Lipinski definition) is 3.